The fourth-order valence-electron chi connectivity index (χ4n) is 1.52. The summed E-state index contributed by atoms with van der Waals surface area (Å²) in [6.45, 7) is 2.44. The van der Waals surface area contributed by atoms with Crippen molar-refractivity contribution in [2.45, 2.75) is 24.7 Å². The van der Waals surface area contributed by atoms with Gasteiger partial charge in [-0.15, -0.1) is 0 Å². The van der Waals surface area contributed by atoms with Crippen molar-refractivity contribution in [1.82, 2.24) is 4.72 Å². The molecule has 0 atom stereocenters. The summed E-state index contributed by atoms with van der Waals surface area (Å²) in [7, 11) is -3.65. The third kappa shape index (κ3) is 2.83. The van der Waals surface area contributed by atoms with Gasteiger partial charge < -0.3 is 0 Å². The van der Waals surface area contributed by atoms with E-state index in [1.165, 1.54) is 18.2 Å². The number of hydrogen-bond donors (Lipinski definition) is 1. The monoisotopic (exact) mass is 284 g/mol. The smallest absolute Gasteiger partial charge is 0.211 e. The number of hydrogen-bond acceptors (Lipinski definition) is 3. The molecule has 4 nitrogen and oxygen atoms in total. The average molecular weight is 285 g/mol. The Morgan fingerprint density at radius 3 is 2.72 bits per heavy atom. The van der Waals surface area contributed by atoms with E-state index in [-0.39, 0.29) is 20.9 Å². The minimum Gasteiger partial charge on any atom is -0.211 e. The Labute approximate surface area is 112 Å². The first kappa shape index (κ1) is 13.3. The molecule has 0 aliphatic heterocycles. The second-order valence-corrected chi connectivity index (χ2v) is 7.03. The third-order valence-electron chi connectivity index (χ3n) is 3.14. The minimum absolute atomic E-state index is 0.0348. The maximum Gasteiger partial charge on any atom is 0.242 e. The predicted octanol–water partition coefficient (Wildman–Crippen LogP) is 2.29. The number of rotatable bonds is 4. The highest BCUT2D eigenvalue weighted by Gasteiger charge is 2.38. The zero-order valence-electron chi connectivity index (χ0n) is 9.90. The lowest BCUT2D eigenvalue weighted by Crippen LogP contribution is -2.29. The Morgan fingerprint density at radius 1 is 1.50 bits per heavy atom. The summed E-state index contributed by atoms with van der Waals surface area (Å²) >= 11 is 5.87. The van der Waals surface area contributed by atoms with Gasteiger partial charge in [-0.2, -0.15) is 5.26 Å². The second-order valence-electron chi connectivity index (χ2n) is 4.89. The van der Waals surface area contributed by atoms with Crippen molar-refractivity contribution in [2.24, 2.45) is 5.41 Å². The van der Waals surface area contributed by atoms with Crippen molar-refractivity contribution in [3.63, 3.8) is 0 Å². The van der Waals surface area contributed by atoms with Crippen molar-refractivity contribution >= 4 is 21.6 Å². The van der Waals surface area contributed by atoms with Gasteiger partial charge in [0.05, 0.1) is 16.7 Å². The summed E-state index contributed by atoms with van der Waals surface area (Å²) in [5.41, 5.74) is 0.351. The Hall–Kier alpha value is -1.09. The van der Waals surface area contributed by atoms with E-state index in [1.54, 1.807) is 0 Å². The molecule has 1 fully saturated rings. The van der Waals surface area contributed by atoms with Crippen LogP contribution in [0.5, 0.6) is 0 Å². The molecule has 1 saturated carbocycles. The number of benzene rings is 1. The Bertz CT molecular complexity index is 615. The minimum atomic E-state index is -3.65. The van der Waals surface area contributed by atoms with Gasteiger partial charge in [0.25, 0.3) is 0 Å². The van der Waals surface area contributed by atoms with E-state index in [1.807, 2.05) is 13.0 Å². The zero-order valence-corrected chi connectivity index (χ0v) is 11.5. The molecule has 0 heterocycles. The van der Waals surface area contributed by atoms with Crippen molar-refractivity contribution < 1.29 is 8.42 Å². The second kappa shape index (κ2) is 4.54. The highest BCUT2D eigenvalue weighted by molar-refractivity contribution is 7.89. The van der Waals surface area contributed by atoms with E-state index in [0.717, 1.165) is 12.8 Å². The van der Waals surface area contributed by atoms with Crippen LogP contribution in [0.4, 0.5) is 0 Å². The molecule has 18 heavy (non-hydrogen) atoms. The van der Waals surface area contributed by atoms with Gasteiger partial charge in [-0.25, -0.2) is 13.1 Å². The van der Waals surface area contributed by atoms with Crippen LogP contribution in [0, 0.1) is 16.7 Å². The fourth-order valence-corrected chi connectivity index (χ4v) is 3.24. The molecule has 0 saturated heterocycles. The molecule has 2 rings (SSSR count). The maximum atomic E-state index is 12.1. The highest BCUT2D eigenvalue weighted by atomic mass is 35.5. The van der Waals surface area contributed by atoms with Gasteiger partial charge in [0.1, 0.15) is 4.90 Å². The Morgan fingerprint density at radius 2 is 2.17 bits per heavy atom. The standard InChI is InChI=1S/C12H13ClN2O2S/c1-12(4-5-12)8-15-18(16,17)11-6-9(7-14)2-3-10(11)13/h2-3,6,15H,4-5,8H2,1H3. The van der Waals surface area contributed by atoms with Crippen molar-refractivity contribution in [2.75, 3.05) is 6.54 Å². The van der Waals surface area contributed by atoms with Gasteiger partial charge in [-0.05, 0) is 36.5 Å². The van der Waals surface area contributed by atoms with Gasteiger partial charge >= 0.3 is 0 Å². The van der Waals surface area contributed by atoms with Crippen LogP contribution in [0.2, 0.25) is 5.02 Å². The molecule has 0 amide bonds. The molecule has 1 aromatic carbocycles. The van der Waals surface area contributed by atoms with Gasteiger partial charge in [-0.1, -0.05) is 18.5 Å². The van der Waals surface area contributed by atoms with Crippen LogP contribution in [0.3, 0.4) is 0 Å². The quantitative estimate of drug-likeness (QED) is 0.922. The van der Waals surface area contributed by atoms with Crippen LogP contribution in [0.1, 0.15) is 25.3 Å². The lowest BCUT2D eigenvalue weighted by atomic mass is 10.2. The van der Waals surface area contributed by atoms with Crippen LogP contribution in [0.15, 0.2) is 23.1 Å². The van der Waals surface area contributed by atoms with E-state index in [2.05, 4.69) is 4.72 Å². The van der Waals surface area contributed by atoms with Crippen molar-refractivity contribution in [1.29, 1.82) is 5.26 Å². The highest BCUT2D eigenvalue weighted by Crippen LogP contribution is 2.44. The Balaban J connectivity index is 2.26. The molecular formula is C12H13ClN2O2S. The molecule has 0 unspecified atom stereocenters. The van der Waals surface area contributed by atoms with E-state index >= 15 is 0 Å². The first-order valence-electron chi connectivity index (χ1n) is 5.56. The number of nitriles is 1. The molecule has 0 radical (unpaired) electrons. The summed E-state index contributed by atoms with van der Waals surface area (Å²) in [6, 6.07) is 6.11. The molecule has 0 bridgehead atoms. The predicted molar refractivity (Wildman–Crippen MR) is 68.7 cm³/mol. The van der Waals surface area contributed by atoms with E-state index < -0.39 is 10.0 Å². The largest absolute Gasteiger partial charge is 0.242 e. The molecule has 0 spiro atoms. The van der Waals surface area contributed by atoms with Crippen LogP contribution >= 0.6 is 11.6 Å². The zero-order chi connectivity index (χ0) is 13.4. The first-order chi connectivity index (χ1) is 8.36. The SMILES string of the molecule is CC1(CNS(=O)(=O)c2cc(C#N)ccc2Cl)CC1. The fraction of sp³-hybridized carbons (Fsp3) is 0.417. The first-order valence-corrected chi connectivity index (χ1v) is 7.42. The number of halogens is 1. The number of nitrogens with one attached hydrogen (secondary N) is 1. The van der Waals surface area contributed by atoms with Crippen LogP contribution in [0.25, 0.3) is 0 Å². The molecule has 1 aliphatic carbocycles. The molecular weight excluding hydrogens is 272 g/mol. The third-order valence-corrected chi connectivity index (χ3v) is 5.03. The molecule has 1 aromatic rings. The summed E-state index contributed by atoms with van der Waals surface area (Å²) in [4.78, 5) is -0.0348. The molecule has 1 aliphatic rings. The van der Waals surface area contributed by atoms with E-state index in [9.17, 15) is 8.42 Å². The van der Waals surface area contributed by atoms with Crippen molar-refractivity contribution in [3.8, 4) is 6.07 Å². The molecule has 96 valence electrons. The number of sulfonamides is 1. The van der Waals surface area contributed by atoms with Gasteiger partial charge in [0.15, 0.2) is 0 Å². The van der Waals surface area contributed by atoms with Crippen LogP contribution in [-0.4, -0.2) is 15.0 Å². The van der Waals surface area contributed by atoms with E-state index in [4.69, 9.17) is 16.9 Å². The summed E-state index contributed by atoms with van der Waals surface area (Å²) in [5, 5.41) is 8.91. The van der Waals surface area contributed by atoms with Gasteiger partial charge in [-0.3, -0.25) is 0 Å². The summed E-state index contributed by atoms with van der Waals surface area (Å²) in [6.07, 6.45) is 2.06. The number of nitrogens with zero attached hydrogens (tertiary/aromatic N) is 1. The van der Waals surface area contributed by atoms with Crippen LogP contribution in [-0.2, 0) is 10.0 Å². The molecule has 0 aromatic heterocycles. The Kier molecular flexibility index (Phi) is 3.37. The average Bonchev–Trinajstić information content (AvgIpc) is 3.06. The summed E-state index contributed by atoms with van der Waals surface area (Å²) < 4.78 is 26.7. The maximum absolute atomic E-state index is 12.1. The van der Waals surface area contributed by atoms with Gasteiger partial charge in [0, 0.05) is 6.54 Å². The van der Waals surface area contributed by atoms with Crippen molar-refractivity contribution in [3.05, 3.63) is 28.8 Å². The molecule has 1 N–H and O–H groups in total. The lowest BCUT2D eigenvalue weighted by molar-refractivity contribution is 0.530. The van der Waals surface area contributed by atoms with Crippen LogP contribution < -0.4 is 4.72 Å². The van der Waals surface area contributed by atoms with E-state index in [0.29, 0.717) is 6.54 Å². The molecule has 6 heteroatoms. The van der Waals surface area contributed by atoms with Gasteiger partial charge in [0.2, 0.25) is 10.0 Å². The summed E-state index contributed by atoms with van der Waals surface area (Å²) in [5.74, 6) is 0. The topological polar surface area (TPSA) is 70.0 Å². The lowest BCUT2D eigenvalue weighted by Gasteiger charge is -2.12. The normalized spacial score (nSPS) is 17.2.